The van der Waals surface area contributed by atoms with Gasteiger partial charge in [0.05, 0.1) is 0 Å². The van der Waals surface area contributed by atoms with Crippen molar-refractivity contribution in [1.29, 1.82) is 0 Å². The van der Waals surface area contributed by atoms with E-state index >= 15 is 0 Å². The molecule has 1 nitrogen and oxygen atoms in total. The molecule has 26 heavy (non-hydrogen) atoms. The molecule has 2 heterocycles. The van der Waals surface area contributed by atoms with Crippen LogP contribution in [0.5, 0.6) is 0 Å². The van der Waals surface area contributed by atoms with E-state index in [4.69, 9.17) is 0 Å². The van der Waals surface area contributed by atoms with Crippen molar-refractivity contribution in [2.24, 2.45) is 0 Å². The Labute approximate surface area is 153 Å². The minimum atomic E-state index is 0.236. The summed E-state index contributed by atoms with van der Waals surface area (Å²) in [6, 6.07) is 30.8. The Bertz CT molecular complexity index is 1210. The highest BCUT2D eigenvalue weighted by Crippen LogP contribution is 2.44. The van der Waals surface area contributed by atoms with Crippen LogP contribution in [0.4, 0.5) is 11.4 Å². The average molecular weight is 329 g/mol. The molecule has 0 atom stereocenters. The molecule has 0 amide bonds. The van der Waals surface area contributed by atoms with Crippen molar-refractivity contribution in [3.8, 4) is 11.1 Å². The first-order valence-corrected chi connectivity index (χ1v) is 9.09. The minimum absolute atomic E-state index is 0.236. The molecule has 0 aromatic heterocycles. The quantitative estimate of drug-likeness (QED) is 0.389. The normalized spacial score (nSPS) is 13.8. The lowest BCUT2D eigenvalue weighted by molar-refractivity contribution is 1.35. The predicted molar refractivity (Wildman–Crippen MR) is 112 cm³/mol. The molecule has 2 aliphatic rings. The van der Waals surface area contributed by atoms with Gasteiger partial charge in [0.1, 0.15) is 0 Å². The van der Waals surface area contributed by atoms with Crippen molar-refractivity contribution in [3.63, 3.8) is 0 Å². The lowest BCUT2D eigenvalue weighted by Crippen LogP contribution is -2.49. The van der Waals surface area contributed by atoms with Gasteiger partial charge in [-0.1, -0.05) is 84.8 Å². The standard InChI is InChI=1S/C24H16BN/c1-3-9-19-17(7-1)13-14-21-24(19)20-10-4-6-12-23(20)26-22-11-5-2-8-18(22)15-16-25(21)26/h1-16H. The van der Waals surface area contributed by atoms with E-state index in [9.17, 15) is 0 Å². The third-order valence-corrected chi connectivity index (χ3v) is 5.65. The number of hydrogen-bond donors (Lipinski definition) is 0. The fourth-order valence-corrected chi connectivity index (χ4v) is 4.53. The highest BCUT2D eigenvalue weighted by Gasteiger charge is 2.36. The van der Waals surface area contributed by atoms with E-state index in [1.165, 1.54) is 44.3 Å². The van der Waals surface area contributed by atoms with Crippen LogP contribution < -0.4 is 10.3 Å². The van der Waals surface area contributed by atoms with Crippen LogP contribution in [-0.2, 0) is 0 Å². The molecule has 6 rings (SSSR count). The molecule has 0 unspecified atom stereocenters. The number of para-hydroxylation sites is 2. The third-order valence-electron chi connectivity index (χ3n) is 5.65. The molecule has 2 aliphatic heterocycles. The molecule has 0 N–H and O–H groups in total. The second-order valence-corrected chi connectivity index (χ2v) is 7.00. The van der Waals surface area contributed by atoms with Crippen molar-refractivity contribution in [1.82, 2.24) is 0 Å². The van der Waals surface area contributed by atoms with Gasteiger partial charge in [-0.3, -0.25) is 0 Å². The lowest BCUT2D eigenvalue weighted by Gasteiger charge is -2.40. The number of fused-ring (bicyclic) bond motifs is 10. The summed E-state index contributed by atoms with van der Waals surface area (Å²) in [5.74, 6) is 2.34. The fourth-order valence-electron chi connectivity index (χ4n) is 4.53. The van der Waals surface area contributed by atoms with E-state index in [0.717, 1.165) is 0 Å². The molecule has 0 bridgehead atoms. The first-order chi connectivity index (χ1) is 12.9. The number of nitrogens with zero attached hydrogens (tertiary/aromatic N) is 1. The second kappa shape index (κ2) is 5.12. The van der Waals surface area contributed by atoms with Crippen molar-refractivity contribution in [2.75, 3.05) is 4.81 Å². The highest BCUT2D eigenvalue weighted by atomic mass is 15.1. The molecule has 0 saturated carbocycles. The van der Waals surface area contributed by atoms with E-state index in [1.54, 1.807) is 0 Å². The van der Waals surface area contributed by atoms with Crippen molar-refractivity contribution < 1.29 is 0 Å². The maximum Gasteiger partial charge on any atom is 0.321 e. The summed E-state index contributed by atoms with van der Waals surface area (Å²) in [6.45, 7) is 0.236. The largest absolute Gasteiger partial charge is 0.376 e. The van der Waals surface area contributed by atoms with E-state index in [2.05, 4.69) is 102 Å². The molecule has 120 valence electrons. The second-order valence-electron chi connectivity index (χ2n) is 7.00. The van der Waals surface area contributed by atoms with E-state index < -0.39 is 0 Å². The fraction of sp³-hybridized carbons (Fsp3) is 0. The Hall–Kier alpha value is -3.26. The Morgan fingerprint density at radius 3 is 2.38 bits per heavy atom. The molecule has 4 aromatic carbocycles. The van der Waals surface area contributed by atoms with Crippen molar-refractivity contribution in [3.05, 3.63) is 96.5 Å². The average Bonchev–Trinajstić information content (AvgIpc) is 2.73. The highest BCUT2D eigenvalue weighted by molar-refractivity contribution is 6.85. The zero-order chi connectivity index (χ0) is 17.1. The first-order valence-electron chi connectivity index (χ1n) is 9.09. The zero-order valence-corrected chi connectivity index (χ0v) is 14.3. The summed E-state index contributed by atoms with van der Waals surface area (Å²) < 4.78 is 0. The Morgan fingerprint density at radius 2 is 1.42 bits per heavy atom. The molecule has 0 spiro atoms. The third kappa shape index (κ3) is 1.76. The minimum Gasteiger partial charge on any atom is -0.376 e. The smallest absolute Gasteiger partial charge is 0.321 e. The van der Waals surface area contributed by atoms with Gasteiger partial charge in [0.25, 0.3) is 0 Å². The number of benzene rings is 4. The van der Waals surface area contributed by atoms with Crippen LogP contribution in [0.2, 0.25) is 0 Å². The van der Waals surface area contributed by atoms with Gasteiger partial charge in [-0.15, -0.1) is 0 Å². The molecule has 0 radical (unpaired) electrons. The first kappa shape index (κ1) is 14.0. The summed E-state index contributed by atoms with van der Waals surface area (Å²) >= 11 is 0. The maximum absolute atomic E-state index is 2.49. The number of rotatable bonds is 0. The van der Waals surface area contributed by atoms with Crippen molar-refractivity contribution >= 4 is 40.5 Å². The van der Waals surface area contributed by atoms with Gasteiger partial charge in [0.2, 0.25) is 0 Å². The molecule has 2 heteroatoms. The molecular formula is C24H16BN. The van der Waals surface area contributed by atoms with Gasteiger partial charge < -0.3 is 4.81 Å². The Morgan fingerprint density at radius 1 is 0.654 bits per heavy atom. The Balaban J connectivity index is 1.74. The van der Waals surface area contributed by atoms with Crippen LogP contribution in [-0.4, -0.2) is 6.85 Å². The number of hydrogen-bond acceptors (Lipinski definition) is 1. The van der Waals surface area contributed by atoms with Crippen LogP contribution >= 0.6 is 0 Å². The van der Waals surface area contributed by atoms with Gasteiger partial charge in [0.15, 0.2) is 0 Å². The van der Waals surface area contributed by atoms with Gasteiger partial charge in [0, 0.05) is 16.9 Å². The summed E-state index contributed by atoms with van der Waals surface area (Å²) in [6.07, 6.45) is 2.27. The SMILES string of the molecule is C1=Cc2ccccc2N2B1c1ccc3ccccc3c1-c1ccccc12. The molecule has 0 saturated heterocycles. The van der Waals surface area contributed by atoms with E-state index in [1.807, 2.05) is 0 Å². The number of anilines is 2. The predicted octanol–water partition coefficient (Wildman–Crippen LogP) is 5.42. The maximum atomic E-state index is 2.49. The molecule has 0 fully saturated rings. The van der Waals surface area contributed by atoms with E-state index in [-0.39, 0.29) is 6.85 Å². The topological polar surface area (TPSA) is 3.24 Å². The monoisotopic (exact) mass is 329 g/mol. The summed E-state index contributed by atoms with van der Waals surface area (Å²) in [5.41, 5.74) is 7.94. The van der Waals surface area contributed by atoms with Crippen LogP contribution in [0, 0.1) is 0 Å². The van der Waals surface area contributed by atoms with Crippen molar-refractivity contribution in [2.45, 2.75) is 0 Å². The van der Waals surface area contributed by atoms with Gasteiger partial charge in [-0.05, 0) is 39.5 Å². The summed E-state index contributed by atoms with van der Waals surface area (Å²) in [4.78, 5) is 2.49. The molecule has 0 aliphatic carbocycles. The lowest BCUT2D eigenvalue weighted by atomic mass is 9.48. The van der Waals surface area contributed by atoms with Crippen LogP contribution in [0.3, 0.4) is 0 Å². The summed E-state index contributed by atoms with van der Waals surface area (Å²) in [7, 11) is 0. The van der Waals surface area contributed by atoms with Gasteiger partial charge in [-0.2, -0.15) is 0 Å². The van der Waals surface area contributed by atoms with E-state index in [0.29, 0.717) is 0 Å². The van der Waals surface area contributed by atoms with Gasteiger partial charge in [-0.25, -0.2) is 0 Å². The van der Waals surface area contributed by atoms with Gasteiger partial charge >= 0.3 is 6.85 Å². The van der Waals surface area contributed by atoms with Crippen LogP contribution in [0.1, 0.15) is 5.56 Å². The summed E-state index contributed by atoms with van der Waals surface area (Å²) in [5, 5.41) is 2.64. The van der Waals surface area contributed by atoms with Crippen LogP contribution in [0.25, 0.3) is 28.0 Å². The Kier molecular flexibility index (Phi) is 2.75. The molecular weight excluding hydrogens is 313 g/mol. The zero-order valence-electron chi connectivity index (χ0n) is 14.3. The van der Waals surface area contributed by atoms with Crippen LogP contribution in [0.15, 0.2) is 90.9 Å². The molecule has 4 aromatic rings.